The van der Waals surface area contributed by atoms with Crippen molar-refractivity contribution in [1.82, 2.24) is 10.3 Å². The molecule has 1 heterocycles. The fourth-order valence-electron chi connectivity index (χ4n) is 4.21. The van der Waals surface area contributed by atoms with Crippen LogP contribution in [0.2, 0.25) is 0 Å². The van der Waals surface area contributed by atoms with E-state index in [1.165, 1.54) is 6.07 Å². The lowest BCUT2D eigenvalue weighted by Gasteiger charge is -2.11. The Labute approximate surface area is 232 Å². The van der Waals surface area contributed by atoms with Crippen molar-refractivity contribution < 1.29 is 34.3 Å². The predicted octanol–water partition coefficient (Wildman–Crippen LogP) is 1.86. The third-order valence-electron chi connectivity index (χ3n) is 6.19. The number of unbranched alkanes of at least 4 members (excludes halogenated alkanes) is 2. The van der Waals surface area contributed by atoms with Gasteiger partial charge in [-0.3, -0.25) is 9.59 Å². The Morgan fingerprint density at radius 3 is 2.38 bits per heavy atom. The number of rotatable bonds is 12. The number of nitrogens with one attached hydrogen (secondary N) is 2. The minimum absolute atomic E-state index is 0.178. The first-order valence-corrected chi connectivity index (χ1v) is 12.9. The maximum atomic E-state index is 13.1. The normalized spacial score (nSPS) is 10.7. The zero-order valence-corrected chi connectivity index (χ0v) is 21.7. The molecule has 0 saturated heterocycles. The Kier molecular flexibility index (Phi) is 9.87. The zero-order valence-electron chi connectivity index (χ0n) is 21.7. The van der Waals surface area contributed by atoms with E-state index < -0.39 is 14.4 Å². The van der Waals surface area contributed by atoms with Crippen LogP contribution < -0.4 is 20.8 Å². The van der Waals surface area contributed by atoms with Gasteiger partial charge in [0.05, 0.1) is 16.8 Å². The van der Waals surface area contributed by atoms with Gasteiger partial charge in [-0.25, -0.2) is 4.98 Å². The Morgan fingerprint density at radius 1 is 0.850 bits per heavy atom. The van der Waals surface area contributed by atoms with Gasteiger partial charge in [0.2, 0.25) is 5.91 Å². The highest BCUT2D eigenvalue weighted by Gasteiger charge is 2.15. The number of benzene rings is 3. The van der Waals surface area contributed by atoms with Gasteiger partial charge in [-0.2, -0.15) is 0 Å². The summed E-state index contributed by atoms with van der Waals surface area (Å²) < 4.78 is 4.78. The molecule has 10 nitrogen and oxygen atoms in total. The molecular formula is C28H29B2N3O7. The van der Waals surface area contributed by atoms with Crippen LogP contribution in [0.4, 0.5) is 5.69 Å². The van der Waals surface area contributed by atoms with Gasteiger partial charge in [0.15, 0.2) is 0 Å². The van der Waals surface area contributed by atoms with Crippen LogP contribution in [0.25, 0.3) is 22.2 Å². The molecule has 0 bridgehead atoms. The smallest absolute Gasteiger partial charge is 0.512 e. The van der Waals surface area contributed by atoms with Crippen molar-refractivity contribution in [2.24, 2.45) is 0 Å². The van der Waals surface area contributed by atoms with E-state index in [9.17, 15) is 19.6 Å². The minimum atomic E-state index is -1.94. The van der Waals surface area contributed by atoms with Crippen LogP contribution in [0.1, 0.15) is 36.0 Å². The fraction of sp³-hybridized carbons (Fsp3) is 0.179. The first-order valence-electron chi connectivity index (χ1n) is 12.9. The summed E-state index contributed by atoms with van der Waals surface area (Å²) in [5, 5.41) is 42.9. The van der Waals surface area contributed by atoms with Crippen LogP contribution in [0.5, 0.6) is 5.75 Å². The molecule has 0 atom stereocenters. The molecule has 0 fully saturated rings. The number of carbonyl (C=O) groups is 2. The second-order valence-corrected chi connectivity index (χ2v) is 9.15. The number of nitrogens with zero attached hydrogens (tertiary/aromatic N) is 1. The van der Waals surface area contributed by atoms with Crippen molar-refractivity contribution in [3.63, 3.8) is 0 Å². The highest BCUT2D eigenvalue weighted by molar-refractivity contribution is 6.58. The first-order chi connectivity index (χ1) is 19.3. The molecule has 4 rings (SSSR count). The summed E-state index contributed by atoms with van der Waals surface area (Å²) >= 11 is 0. The first kappa shape index (κ1) is 28.8. The number of anilines is 1. The van der Waals surface area contributed by atoms with Gasteiger partial charge in [-0.1, -0.05) is 55.0 Å². The second kappa shape index (κ2) is 13.7. The number of carbonyl (C=O) groups excluding carboxylic acids is 2. The molecule has 0 radical (unpaired) electrons. The Hall–Kier alpha value is -4.22. The average Bonchev–Trinajstić information content (AvgIpc) is 2.94. The van der Waals surface area contributed by atoms with Gasteiger partial charge in [0, 0.05) is 35.7 Å². The third-order valence-corrected chi connectivity index (χ3v) is 6.19. The largest absolute Gasteiger partial charge is 0.707 e. The Balaban J connectivity index is 1.29. The van der Waals surface area contributed by atoms with E-state index in [1.807, 2.05) is 24.3 Å². The zero-order chi connectivity index (χ0) is 28.5. The van der Waals surface area contributed by atoms with Gasteiger partial charge in [-0.05, 0) is 42.6 Å². The molecule has 40 heavy (non-hydrogen) atoms. The van der Waals surface area contributed by atoms with Crippen molar-refractivity contribution in [2.45, 2.75) is 25.7 Å². The summed E-state index contributed by atoms with van der Waals surface area (Å²) in [5.74, 6) is -0.185. The molecule has 0 aliphatic carbocycles. The molecule has 3 aromatic carbocycles. The van der Waals surface area contributed by atoms with Crippen LogP contribution in [-0.2, 0) is 4.79 Å². The molecule has 0 saturated carbocycles. The minimum Gasteiger partial charge on any atom is -0.512 e. The van der Waals surface area contributed by atoms with Crippen molar-refractivity contribution in [1.29, 1.82) is 0 Å². The number of fused-ring (bicyclic) bond motifs is 1. The van der Waals surface area contributed by atoms with Crippen molar-refractivity contribution in [2.75, 3.05) is 11.9 Å². The molecule has 0 unspecified atom stereocenters. The lowest BCUT2D eigenvalue weighted by molar-refractivity contribution is -0.116. The van der Waals surface area contributed by atoms with E-state index >= 15 is 0 Å². The van der Waals surface area contributed by atoms with Crippen LogP contribution in [-0.4, -0.2) is 57.9 Å². The molecular weight excluding hydrogens is 512 g/mol. The monoisotopic (exact) mass is 541 g/mol. The topological polar surface area (TPSA) is 161 Å². The predicted molar refractivity (Wildman–Crippen MR) is 154 cm³/mol. The molecule has 0 aliphatic rings. The summed E-state index contributed by atoms with van der Waals surface area (Å²) in [5.41, 5.74) is 3.35. The molecule has 4 aromatic rings. The third kappa shape index (κ3) is 7.90. The van der Waals surface area contributed by atoms with E-state index in [0.717, 1.165) is 17.4 Å². The average molecular weight is 541 g/mol. The van der Waals surface area contributed by atoms with Crippen LogP contribution in [0.3, 0.4) is 0 Å². The van der Waals surface area contributed by atoms with Gasteiger partial charge in [-0.15, -0.1) is 0 Å². The van der Waals surface area contributed by atoms with Crippen LogP contribution in [0, 0.1) is 0 Å². The standard InChI is InChI=1S/C28H29B2N3O7/c34-27(32-21-7-6-8-22(17-21)40-30(38)39)11-2-1-5-16-31-28(35)24-18-26(33-25-10-4-3-9-23(24)25)19-12-14-20(15-13-19)29(36)37/h3-4,6-10,12-15,17-18,36-39H,1-2,5,11,16H2,(H,31,35)(H,32,34). The fourth-order valence-corrected chi connectivity index (χ4v) is 4.21. The SMILES string of the molecule is O=C(CCCCCNC(=O)c1cc(-c2ccc(B(O)O)cc2)nc2ccccc12)Nc1cccc(OB(O)O)c1. The van der Waals surface area contributed by atoms with Crippen molar-refractivity contribution in [3.05, 3.63) is 84.4 Å². The Morgan fingerprint density at radius 2 is 1.62 bits per heavy atom. The maximum absolute atomic E-state index is 13.1. The van der Waals surface area contributed by atoms with Crippen LogP contribution in [0.15, 0.2) is 78.9 Å². The summed E-state index contributed by atoms with van der Waals surface area (Å²) in [6.45, 7) is 0.443. The van der Waals surface area contributed by atoms with Crippen molar-refractivity contribution in [3.8, 4) is 17.0 Å². The number of pyridine rings is 1. The summed E-state index contributed by atoms with van der Waals surface area (Å²) in [6.07, 6.45) is 2.36. The molecule has 0 spiro atoms. The summed E-state index contributed by atoms with van der Waals surface area (Å²) in [7, 11) is -3.50. The van der Waals surface area contributed by atoms with E-state index in [0.29, 0.717) is 53.7 Å². The molecule has 12 heteroatoms. The molecule has 2 amide bonds. The van der Waals surface area contributed by atoms with Gasteiger partial charge in [0.1, 0.15) is 5.75 Å². The number of amides is 2. The number of hydrogen-bond acceptors (Lipinski definition) is 8. The number of para-hydroxylation sites is 1. The van der Waals surface area contributed by atoms with E-state index in [-0.39, 0.29) is 17.6 Å². The maximum Gasteiger partial charge on any atom is 0.707 e. The lowest BCUT2D eigenvalue weighted by atomic mass is 9.80. The highest BCUT2D eigenvalue weighted by Crippen LogP contribution is 2.25. The summed E-state index contributed by atoms with van der Waals surface area (Å²) in [6, 6.07) is 22.1. The second-order valence-electron chi connectivity index (χ2n) is 9.15. The summed E-state index contributed by atoms with van der Waals surface area (Å²) in [4.78, 5) is 30.0. The molecule has 204 valence electrons. The lowest BCUT2D eigenvalue weighted by Crippen LogP contribution is -2.29. The number of hydrogen-bond donors (Lipinski definition) is 6. The van der Waals surface area contributed by atoms with Gasteiger partial charge < -0.3 is 35.4 Å². The highest BCUT2D eigenvalue weighted by atomic mass is 16.6. The van der Waals surface area contributed by atoms with E-state index in [2.05, 4.69) is 15.6 Å². The quantitative estimate of drug-likeness (QED) is 0.117. The van der Waals surface area contributed by atoms with Crippen molar-refractivity contribution >= 4 is 48.3 Å². The van der Waals surface area contributed by atoms with E-state index in [4.69, 9.17) is 14.7 Å². The Bertz CT molecular complexity index is 1470. The molecule has 6 N–H and O–H groups in total. The number of aromatic nitrogens is 1. The van der Waals surface area contributed by atoms with E-state index in [1.54, 1.807) is 48.5 Å². The van der Waals surface area contributed by atoms with Crippen LogP contribution >= 0.6 is 0 Å². The van der Waals surface area contributed by atoms with Gasteiger partial charge in [0.25, 0.3) is 5.91 Å². The molecule has 0 aliphatic heterocycles. The molecule has 1 aromatic heterocycles. The van der Waals surface area contributed by atoms with Gasteiger partial charge >= 0.3 is 14.4 Å².